The molecule has 1 aromatic carbocycles. The highest BCUT2D eigenvalue weighted by Gasteiger charge is 2.27. The Morgan fingerprint density at radius 1 is 1.03 bits per heavy atom. The van der Waals surface area contributed by atoms with E-state index in [1.165, 1.54) is 6.26 Å². The Morgan fingerprint density at radius 3 is 2.42 bits per heavy atom. The second-order valence-corrected chi connectivity index (χ2v) is 9.94. The quantitative estimate of drug-likeness (QED) is 0.581. The van der Waals surface area contributed by atoms with Gasteiger partial charge in [0.05, 0.1) is 17.0 Å². The number of pyridine rings is 1. The fourth-order valence-electron chi connectivity index (χ4n) is 3.60. The summed E-state index contributed by atoms with van der Waals surface area (Å²) >= 11 is 0. The van der Waals surface area contributed by atoms with E-state index < -0.39 is 9.84 Å². The first-order chi connectivity index (χ1) is 14.9. The molecule has 1 saturated heterocycles. The molecule has 31 heavy (non-hydrogen) atoms. The maximum atomic E-state index is 13.4. The van der Waals surface area contributed by atoms with Gasteiger partial charge < -0.3 is 4.90 Å². The van der Waals surface area contributed by atoms with Gasteiger partial charge in [0.25, 0.3) is 5.91 Å². The summed E-state index contributed by atoms with van der Waals surface area (Å²) in [6.07, 6.45) is 6.42. The minimum atomic E-state index is -3.00. The van der Waals surface area contributed by atoms with Crippen molar-refractivity contribution in [1.29, 1.82) is 0 Å². The molecule has 8 nitrogen and oxygen atoms in total. The Bertz CT molecular complexity index is 1140. The van der Waals surface area contributed by atoms with Gasteiger partial charge in [-0.1, -0.05) is 18.2 Å². The van der Waals surface area contributed by atoms with Gasteiger partial charge in [0.2, 0.25) is 0 Å². The number of nitrogens with zero attached hydrogens (tertiary/aromatic N) is 5. The number of sulfone groups is 1. The number of rotatable bonds is 6. The van der Waals surface area contributed by atoms with E-state index in [-0.39, 0.29) is 11.7 Å². The third-order valence-corrected chi connectivity index (χ3v) is 6.26. The number of amides is 1. The van der Waals surface area contributed by atoms with Crippen LogP contribution in [0.1, 0.15) is 10.4 Å². The van der Waals surface area contributed by atoms with Crippen molar-refractivity contribution in [2.75, 3.05) is 44.7 Å². The maximum absolute atomic E-state index is 13.4. The normalized spacial score (nSPS) is 15.2. The Morgan fingerprint density at radius 2 is 1.77 bits per heavy atom. The monoisotopic (exact) mass is 439 g/mol. The van der Waals surface area contributed by atoms with Crippen LogP contribution in [0.15, 0.2) is 61.1 Å². The summed E-state index contributed by atoms with van der Waals surface area (Å²) in [4.78, 5) is 21.5. The molecule has 9 heteroatoms. The van der Waals surface area contributed by atoms with E-state index in [2.05, 4.69) is 9.88 Å². The minimum Gasteiger partial charge on any atom is -0.336 e. The zero-order valence-electron chi connectivity index (χ0n) is 17.4. The van der Waals surface area contributed by atoms with Crippen molar-refractivity contribution in [3.05, 3.63) is 66.6 Å². The number of hydrogen-bond donors (Lipinski definition) is 0. The summed E-state index contributed by atoms with van der Waals surface area (Å²) in [6, 6.07) is 13.4. The van der Waals surface area contributed by atoms with Crippen LogP contribution in [-0.4, -0.2) is 83.6 Å². The average molecular weight is 440 g/mol. The highest BCUT2D eigenvalue weighted by molar-refractivity contribution is 7.90. The maximum Gasteiger partial charge on any atom is 0.257 e. The van der Waals surface area contributed by atoms with Crippen LogP contribution >= 0.6 is 0 Å². The van der Waals surface area contributed by atoms with Crippen LogP contribution in [0.5, 0.6) is 0 Å². The molecule has 1 aliphatic rings. The van der Waals surface area contributed by atoms with Gasteiger partial charge in [-0.05, 0) is 24.3 Å². The molecule has 3 heterocycles. The molecule has 0 saturated carbocycles. The van der Waals surface area contributed by atoms with E-state index in [0.29, 0.717) is 44.0 Å². The number of carbonyl (C=O) groups is 1. The van der Waals surface area contributed by atoms with E-state index in [9.17, 15) is 13.2 Å². The summed E-state index contributed by atoms with van der Waals surface area (Å²) in [6.45, 7) is 2.89. The highest BCUT2D eigenvalue weighted by atomic mass is 32.2. The summed E-state index contributed by atoms with van der Waals surface area (Å²) in [5.41, 5.74) is 2.78. The van der Waals surface area contributed by atoms with Gasteiger partial charge in [0.15, 0.2) is 0 Å². The van der Waals surface area contributed by atoms with Crippen molar-refractivity contribution < 1.29 is 13.2 Å². The molecule has 0 aliphatic carbocycles. The number of benzene rings is 1. The molecular formula is C22H25N5O3S. The van der Waals surface area contributed by atoms with Crippen LogP contribution in [-0.2, 0) is 9.84 Å². The molecule has 0 bridgehead atoms. The standard InChI is InChI=1S/C22H25N5O3S/c1-31(29,30)15-14-25-10-12-26(13-11-25)22(28)20-17-27(19-7-3-2-4-8-19)24-21(20)18-6-5-9-23-16-18/h2-9,16-17H,10-15H2,1H3. The van der Waals surface area contributed by atoms with Crippen molar-refractivity contribution >= 4 is 15.7 Å². The largest absolute Gasteiger partial charge is 0.336 e. The Labute approximate surface area is 182 Å². The molecule has 0 unspecified atom stereocenters. The van der Waals surface area contributed by atoms with Gasteiger partial charge in [0.1, 0.15) is 15.5 Å². The molecule has 3 aromatic rings. The lowest BCUT2D eigenvalue weighted by Gasteiger charge is -2.34. The van der Waals surface area contributed by atoms with Gasteiger partial charge >= 0.3 is 0 Å². The van der Waals surface area contributed by atoms with E-state index in [1.54, 1.807) is 23.3 Å². The van der Waals surface area contributed by atoms with Crippen molar-refractivity contribution in [1.82, 2.24) is 24.6 Å². The van der Waals surface area contributed by atoms with E-state index in [4.69, 9.17) is 5.10 Å². The molecule has 0 N–H and O–H groups in total. The van der Waals surface area contributed by atoms with Gasteiger partial charge in [-0.3, -0.25) is 14.7 Å². The molecule has 1 fully saturated rings. The lowest BCUT2D eigenvalue weighted by Crippen LogP contribution is -2.49. The molecule has 0 atom stereocenters. The Balaban J connectivity index is 1.56. The molecule has 2 aromatic heterocycles. The third kappa shape index (κ3) is 5.18. The number of piperazine rings is 1. The fraction of sp³-hybridized carbons (Fsp3) is 0.318. The summed E-state index contributed by atoms with van der Waals surface area (Å²) in [7, 11) is -3.00. The van der Waals surface area contributed by atoms with Gasteiger partial charge in [-0.25, -0.2) is 13.1 Å². The van der Waals surface area contributed by atoms with Crippen molar-refractivity contribution in [3.63, 3.8) is 0 Å². The zero-order chi connectivity index (χ0) is 21.8. The van der Waals surface area contributed by atoms with E-state index >= 15 is 0 Å². The third-order valence-electron chi connectivity index (χ3n) is 5.34. The average Bonchev–Trinajstić information content (AvgIpc) is 3.24. The van der Waals surface area contributed by atoms with Crippen molar-refractivity contribution in [2.45, 2.75) is 0 Å². The predicted octanol–water partition coefficient (Wildman–Crippen LogP) is 1.74. The van der Waals surface area contributed by atoms with E-state index in [1.807, 2.05) is 47.4 Å². The highest BCUT2D eigenvalue weighted by Crippen LogP contribution is 2.25. The molecule has 0 radical (unpaired) electrons. The molecule has 162 valence electrons. The minimum absolute atomic E-state index is 0.0798. The van der Waals surface area contributed by atoms with Crippen LogP contribution < -0.4 is 0 Å². The first-order valence-electron chi connectivity index (χ1n) is 10.2. The zero-order valence-corrected chi connectivity index (χ0v) is 18.2. The first-order valence-corrected chi connectivity index (χ1v) is 12.2. The summed E-state index contributed by atoms with van der Waals surface area (Å²) in [5.74, 6) is 0.0551. The number of carbonyl (C=O) groups excluding carboxylic acids is 1. The van der Waals surface area contributed by atoms with Gasteiger partial charge in [-0.2, -0.15) is 5.10 Å². The SMILES string of the molecule is CS(=O)(=O)CCN1CCN(C(=O)c2cn(-c3ccccc3)nc2-c2cccnc2)CC1. The topological polar surface area (TPSA) is 88.4 Å². The number of para-hydroxylation sites is 1. The molecule has 4 rings (SSSR count). The van der Waals surface area contributed by atoms with Crippen LogP contribution in [0.4, 0.5) is 0 Å². The first kappa shape index (κ1) is 21.2. The fourth-order valence-corrected chi connectivity index (χ4v) is 4.19. The summed E-state index contributed by atoms with van der Waals surface area (Å²) < 4.78 is 24.6. The smallest absolute Gasteiger partial charge is 0.257 e. The van der Waals surface area contributed by atoms with E-state index in [0.717, 1.165) is 11.3 Å². The molecule has 1 aliphatic heterocycles. The van der Waals surface area contributed by atoms with Gasteiger partial charge in [0, 0.05) is 63.1 Å². The lowest BCUT2D eigenvalue weighted by molar-refractivity contribution is 0.0645. The van der Waals surface area contributed by atoms with Crippen LogP contribution in [0, 0.1) is 0 Å². The number of hydrogen-bond acceptors (Lipinski definition) is 6. The second kappa shape index (κ2) is 8.99. The Kier molecular flexibility index (Phi) is 6.15. The predicted molar refractivity (Wildman–Crippen MR) is 119 cm³/mol. The number of aromatic nitrogens is 3. The molecule has 1 amide bonds. The summed E-state index contributed by atoms with van der Waals surface area (Å²) in [5, 5.41) is 4.69. The molecule has 0 spiro atoms. The van der Waals surface area contributed by atoms with Crippen molar-refractivity contribution in [2.24, 2.45) is 0 Å². The van der Waals surface area contributed by atoms with Crippen LogP contribution in [0.25, 0.3) is 16.9 Å². The van der Waals surface area contributed by atoms with Gasteiger partial charge in [-0.15, -0.1) is 0 Å². The van der Waals surface area contributed by atoms with Crippen LogP contribution in [0.3, 0.4) is 0 Å². The Hall–Kier alpha value is -3.04. The molecular weight excluding hydrogens is 414 g/mol. The lowest BCUT2D eigenvalue weighted by atomic mass is 10.1. The van der Waals surface area contributed by atoms with Crippen molar-refractivity contribution in [3.8, 4) is 16.9 Å². The second-order valence-electron chi connectivity index (χ2n) is 7.68. The van der Waals surface area contributed by atoms with Crippen LogP contribution in [0.2, 0.25) is 0 Å².